The molecule has 0 atom stereocenters. The van der Waals surface area contributed by atoms with E-state index in [2.05, 4.69) is 10.4 Å². The quantitative estimate of drug-likeness (QED) is 0.304. The van der Waals surface area contributed by atoms with E-state index in [1.165, 1.54) is 10.8 Å². The fourth-order valence-corrected chi connectivity index (χ4v) is 4.19. The number of nitrogens with zero attached hydrogens (tertiary/aromatic N) is 2. The van der Waals surface area contributed by atoms with Gasteiger partial charge in [-0.15, -0.1) is 0 Å². The lowest BCUT2D eigenvalue weighted by Gasteiger charge is -2.11. The molecule has 3 amide bonds. The van der Waals surface area contributed by atoms with Crippen LogP contribution in [0, 0.1) is 13.8 Å². The third-order valence-electron chi connectivity index (χ3n) is 6.29. The Morgan fingerprint density at radius 3 is 2.24 bits per heavy atom. The highest BCUT2D eigenvalue weighted by atomic mass is 16.5. The van der Waals surface area contributed by atoms with E-state index >= 15 is 0 Å². The number of amides is 3. The predicted molar refractivity (Wildman–Crippen MR) is 141 cm³/mol. The molecule has 37 heavy (non-hydrogen) atoms. The Kier molecular flexibility index (Phi) is 6.23. The Morgan fingerprint density at radius 2 is 1.57 bits per heavy atom. The number of H-pyrrole nitrogens is 1. The van der Waals surface area contributed by atoms with Crippen LogP contribution in [0.2, 0.25) is 0 Å². The van der Waals surface area contributed by atoms with Crippen molar-refractivity contribution in [2.24, 2.45) is 0 Å². The van der Waals surface area contributed by atoms with Crippen LogP contribution in [0.3, 0.4) is 0 Å². The Morgan fingerprint density at radius 1 is 0.892 bits per heavy atom. The summed E-state index contributed by atoms with van der Waals surface area (Å²) in [5, 5.41) is 5.81. The van der Waals surface area contributed by atoms with Crippen LogP contribution in [0.15, 0.2) is 83.3 Å². The molecule has 1 fully saturated rings. The third-order valence-corrected chi connectivity index (χ3v) is 6.29. The summed E-state index contributed by atoms with van der Waals surface area (Å²) < 4.78 is 6.78. The van der Waals surface area contributed by atoms with Crippen LogP contribution in [0.25, 0.3) is 23.0 Å². The minimum absolute atomic E-state index is 0.0356. The molecule has 8 heteroatoms. The second kappa shape index (κ2) is 9.66. The van der Waals surface area contributed by atoms with Gasteiger partial charge in [0.05, 0.1) is 30.6 Å². The summed E-state index contributed by atoms with van der Waals surface area (Å²) in [6.07, 6.45) is 1.44. The van der Waals surface area contributed by atoms with E-state index in [1.54, 1.807) is 19.2 Å². The first kappa shape index (κ1) is 23.9. The predicted octanol–water partition coefficient (Wildman–Crippen LogP) is 4.55. The van der Waals surface area contributed by atoms with Gasteiger partial charge < -0.3 is 10.1 Å². The molecule has 5 rings (SSSR count). The van der Waals surface area contributed by atoms with Crippen LogP contribution in [0.4, 0.5) is 4.79 Å². The maximum atomic E-state index is 13.6. The Hall–Kier alpha value is -4.85. The zero-order valence-electron chi connectivity index (χ0n) is 20.7. The minimum atomic E-state index is -0.533. The van der Waals surface area contributed by atoms with Crippen molar-refractivity contribution < 1.29 is 14.3 Å². The van der Waals surface area contributed by atoms with Gasteiger partial charge in [-0.05, 0) is 49.8 Å². The summed E-state index contributed by atoms with van der Waals surface area (Å²) in [5.41, 5.74) is 4.74. The largest absolute Gasteiger partial charge is 0.497 e. The molecule has 0 bridgehead atoms. The molecule has 4 aromatic rings. The van der Waals surface area contributed by atoms with Crippen LogP contribution >= 0.6 is 0 Å². The maximum Gasteiger partial charge on any atom is 0.329 e. The number of ether oxygens (including phenoxy) is 1. The van der Waals surface area contributed by atoms with E-state index in [-0.39, 0.29) is 23.4 Å². The van der Waals surface area contributed by atoms with Crippen molar-refractivity contribution in [3.8, 4) is 22.7 Å². The third kappa shape index (κ3) is 4.69. The van der Waals surface area contributed by atoms with Gasteiger partial charge in [-0.3, -0.25) is 19.6 Å². The first-order valence-electron chi connectivity index (χ1n) is 11.8. The van der Waals surface area contributed by atoms with Gasteiger partial charge in [0, 0.05) is 5.56 Å². The monoisotopic (exact) mass is 494 g/mol. The van der Waals surface area contributed by atoms with Crippen molar-refractivity contribution in [3.05, 3.63) is 111 Å². The molecule has 0 saturated carbocycles. The molecule has 1 aromatic heterocycles. The van der Waals surface area contributed by atoms with Gasteiger partial charge in [0.15, 0.2) is 0 Å². The normalized spacial score (nSPS) is 14.4. The molecule has 0 aliphatic carbocycles. The van der Waals surface area contributed by atoms with Crippen LogP contribution in [0.1, 0.15) is 22.3 Å². The van der Waals surface area contributed by atoms with Crippen LogP contribution < -0.4 is 15.6 Å². The number of methoxy groups -OCH3 is 1. The topological polar surface area (TPSA) is 96.4 Å². The lowest BCUT2D eigenvalue weighted by atomic mass is 10.1. The highest BCUT2D eigenvalue weighted by Gasteiger charge is 2.34. The summed E-state index contributed by atoms with van der Waals surface area (Å²) in [5.74, 6) is 0.124. The summed E-state index contributed by atoms with van der Waals surface area (Å²) in [6, 6.07) is 21.8. The number of aromatic amines is 1. The zero-order valence-corrected chi connectivity index (χ0v) is 20.7. The van der Waals surface area contributed by atoms with Gasteiger partial charge >= 0.3 is 6.03 Å². The van der Waals surface area contributed by atoms with Gasteiger partial charge in [0.25, 0.3) is 11.5 Å². The zero-order chi connectivity index (χ0) is 26.1. The van der Waals surface area contributed by atoms with Crippen LogP contribution in [0.5, 0.6) is 5.75 Å². The Labute approximate surface area is 213 Å². The second-order valence-electron chi connectivity index (χ2n) is 8.97. The van der Waals surface area contributed by atoms with Crippen molar-refractivity contribution in [1.29, 1.82) is 0 Å². The first-order chi connectivity index (χ1) is 17.8. The van der Waals surface area contributed by atoms with Crippen LogP contribution in [-0.2, 0) is 11.3 Å². The molecule has 2 heterocycles. The highest BCUT2D eigenvalue weighted by molar-refractivity contribution is 6.14. The summed E-state index contributed by atoms with van der Waals surface area (Å²) in [4.78, 5) is 40.6. The number of urea groups is 1. The molecule has 0 radical (unpaired) electrons. The van der Waals surface area contributed by atoms with Crippen molar-refractivity contribution >= 4 is 18.0 Å². The standard InChI is InChI=1S/C29H26N4O4/c1-18-7-11-20(12-8-18)17-32-28(35)25(30-29(32)36)16-24-26(21-5-4-6-23(15-21)37-3)31-33(27(24)34)22-13-9-19(2)10-14-22/h4-16,31H,17H2,1-3H3,(H,30,36)/b25-16-. The molecule has 0 unspecified atom stereocenters. The van der Waals surface area contributed by atoms with E-state index in [0.29, 0.717) is 22.7 Å². The average Bonchev–Trinajstić information content (AvgIpc) is 3.37. The van der Waals surface area contributed by atoms with Crippen molar-refractivity contribution in [1.82, 2.24) is 20.0 Å². The number of rotatable bonds is 6. The van der Waals surface area contributed by atoms with Crippen LogP contribution in [-0.4, -0.2) is 33.7 Å². The number of carbonyl (C=O) groups is 2. The lowest BCUT2D eigenvalue weighted by molar-refractivity contribution is -0.123. The van der Waals surface area contributed by atoms with Gasteiger partial charge in [-0.1, -0.05) is 59.7 Å². The van der Waals surface area contributed by atoms with Gasteiger partial charge in [0.1, 0.15) is 11.4 Å². The number of carbonyl (C=O) groups excluding carboxylic acids is 2. The number of benzene rings is 3. The van der Waals surface area contributed by atoms with E-state index in [0.717, 1.165) is 21.6 Å². The Bertz CT molecular complexity index is 1580. The molecule has 3 aromatic carbocycles. The van der Waals surface area contributed by atoms with E-state index in [1.807, 2.05) is 74.5 Å². The Balaban J connectivity index is 1.58. The number of imide groups is 1. The average molecular weight is 495 g/mol. The number of hydrogen-bond donors (Lipinski definition) is 2. The molecule has 1 aliphatic heterocycles. The van der Waals surface area contributed by atoms with E-state index in [9.17, 15) is 14.4 Å². The van der Waals surface area contributed by atoms with E-state index in [4.69, 9.17) is 4.74 Å². The van der Waals surface area contributed by atoms with Crippen molar-refractivity contribution in [2.75, 3.05) is 7.11 Å². The van der Waals surface area contributed by atoms with Crippen molar-refractivity contribution in [3.63, 3.8) is 0 Å². The molecule has 186 valence electrons. The fraction of sp³-hybridized carbons (Fsp3) is 0.138. The number of hydrogen-bond acceptors (Lipinski definition) is 4. The van der Waals surface area contributed by atoms with Crippen molar-refractivity contribution in [2.45, 2.75) is 20.4 Å². The molecular weight excluding hydrogens is 468 g/mol. The summed E-state index contributed by atoms with van der Waals surface area (Å²) in [7, 11) is 1.57. The van der Waals surface area contributed by atoms with Gasteiger partial charge in [-0.2, -0.15) is 0 Å². The fourth-order valence-electron chi connectivity index (χ4n) is 4.19. The first-order valence-corrected chi connectivity index (χ1v) is 11.8. The number of aryl methyl sites for hydroxylation is 2. The molecule has 1 saturated heterocycles. The smallest absolute Gasteiger partial charge is 0.329 e. The molecular formula is C29H26N4O4. The number of aromatic nitrogens is 2. The lowest BCUT2D eigenvalue weighted by Crippen LogP contribution is -2.30. The SMILES string of the molecule is COc1cccc(-c2[nH]n(-c3ccc(C)cc3)c(=O)c2/C=C2\NC(=O)N(Cc3ccc(C)cc3)C2=O)c1. The molecule has 1 aliphatic rings. The molecule has 8 nitrogen and oxygen atoms in total. The summed E-state index contributed by atoms with van der Waals surface area (Å²) >= 11 is 0. The summed E-state index contributed by atoms with van der Waals surface area (Å²) in [6.45, 7) is 4.07. The molecule has 2 N–H and O–H groups in total. The van der Waals surface area contributed by atoms with Gasteiger partial charge in [0.2, 0.25) is 0 Å². The van der Waals surface area contributed by atoms with E-state index < -0.39 is 11.9 Å². The second-order valence-corrected chi connectivity index (χ2v) is 8.97. The minimum Gasteiger partial charge on any atom is -0.497 e. The highest BCUT2D eigenvalue weighted by Crippen LogP contribution is 2.27. The number of nitrogens with one attached hydrogen (secondary N) is 2. The van der Waals surface area contributed by atoms with Gasteiger partial charge in [-0.25, -0.2) is 9.48 Å². The maximum absolute atomic E-state index is 13.6. The molecule has 0 spiro atoms.